The van der Waals surface area contributed by atoms with Crippen LogP contribution in [0.15, 0.2) is 41.2 Å². The number of carbonyl (C=O) groups excluding carboxylic acids is 2. The maximum atomic E-state index is 12.9. The van der Waals surface area contributed by atoms with Gasteiger partial charge in [-0.1, -0.05) is 6.07 Å². The third kappa shape index (κ3) is 4.49. The van der Waals surface area contributed by atoms with E-state index in [4.69, 9.17) is 0 Å². The lowest BCUT2D eigenvalue weighted by atomic mass is 10.1. The number of likely N-dealkylation sites (N-methyl/N-ethyl adjacent to an activating group) is 1. The standard InChI is InChI=1S/C20H22N4O3.ClH/c1-12(25)22-13-7-8-17-16(11-13)19(26)14-5-4-6-15(18(14)23-17)20(27)21-9-10-24(2)3;/h4-8,11H,9-10H2,1-3H3,(H,21,27)(H,22,25)(H,23,26);1H. The summed E-state index contributed by atoms with van der Waals surface area (Å²) < 4.78 is 0. The molecule has 2 amide bonds. The molecule has 3 N–H and O–H groups in total. The maximum absolute atomic E-state index is 12.9. The molecule has 1 heterocycles. The molecule has 0 unspecified atom stereocenters. The van der Waals surface area contributed by atoms with Gasteiger partial charge in [0.15, 0.2) is 5.43 Å². The van der Waals surface area contributed by atoms with Crippen molar-refractivity contribution in [3.8, 4) is 0 Å². The first-order valence-corrected chi connectivity index (χ1v) is 8.66. The normalized spacial score (nSPS) is 10.7. The van der Waals surface area contributed by atoms with E-state index in [9.17, 15) is 14.4 Å². The summed E-state index contributed by atoms with van der Waals surface area (Å²) in [5, 5.41) is 6.44. The Bertz CT molecular complexity index is 1090. The number of halogens is 1. The first kappa shape index (κ1) is 21.4. The van der Waals surface area contributed by atoms with Crippen LogP contribution in [-0.4, -0.2) is 48.9 Å². The first-order valence-electron chi connectivity index (χ1n) is 8.66. The van der Waals surface area contributed by atoms with Crippen LogP contribution in [0, 0.1) is 0 Å². The number of H-pyrrole nitrogens is 1. The second kappa shape index (κ2) is 8.86. The molecule has 3 rings (SSSR count). The highest BCUT2D eigenvalue weighted by Crippen LogP contribution is 2.21. The quantitative estimate of drug-likeness (QED) is 0.571. The number of carbonyl (C=O) groups is 2. The van der Waals surface area contributed by atoms with Crippen molar-refractivity contribution in [3.63, 3.8) is 0 Å². The Labute approximate surface area is 168 Å². The summed E-state index contributed by atoms with van der Waals surface area (Å²) in [5.41, 5.74) is 1.90. The van der Waals surface area contributed by atoms with Crippen LogP contribution in [0.4, 0.5) is 5.69 Å². The summed E-state index contributed by atoms with van der Waals surface area (Å²) in [4.78, 5) is 41.9. The van der Waals surface area contributed by atoms with Crippen molar-refractivity contribution in [3.05, 3.63) is 52.2 Å². The second-order valence-corrected chi connectivity index (χ2v) is 6.68. The number of nitrogens with zero attached hydrogens (tertiary/aromatic N) is 1. The Balaban J connectivity index is 0.00000280. The Kier molecular flexibility index (Phi) is 6.77. The third-order valence-electron chi connectivity index (χ3n) is 4.24. The number of hydrogen-bond donors (Lipinski definition) is 3. The minimum Gasteiger partial charge on any atom is -0.354 e. The van der Waals surface area contributed by atoms with Gasteiger partial charge in [-0.3, -0.25) is 14.4 Å². The Morgan fingerprint density at radius 1 is 1.11 bits per heavy atom. The van der Waals surface area contributed by atoms with Gasteiger partial charge in [0.25, 0.3) is 5.91 Å². The molecule has 0 saturated carbocycles. The molecule has 7 nitrogen and oxygen atoms in total. The fourth-order valence-electron chi connectivity index (χ4n) is 2.96. The number of para-hydroxylation sites is 1. The van der Waals surface area contributed by atoms with E-state index in [1.165, 1.54) is 6.92 Å². The predicted molar refractivity (Wildman–Crippen MR) is 115 cm³/mol. The molecular weight excluding hydrogens is 380 g/mol. The van der Waals surface area contributed by atoms with Crippen molar-refractivity contribution in [1.82, 2.24) is 15.2 Å². The number of fused-ring (bicyclic) bond motifs is 2. The van der Waals surface area contributed by atoms with Crippen molar-refractivity contribution >= 4 is 51.7 Å². The van der Waals surface area contributed by atoms with Gasteiger partial charge in [-0.15, -0.1) is 12.4 Å². The lowest BCUT2D eigenvalue weighted by Crippen LogP contribution is -2.31. The number of amides is 2. The molecule has 28 heavy (non-hydrogen) atoms. The number of rotatable bonds is 5. The highest BCUT2D eigenvalue weighted by molar-refractivity contribution is 6.08. The molecule has 2 aromatic carbocycles. The average Bonchev–Trinajstić information content (AvgIpc) is 2.61. The van der Waals surface area contributed by atoms with Crippen LogP contribution in [0.3, 0.4) is 0 Å². The van der Waals surface area contributed by atoms with Crippen molar-refractivity contribution in [2.75, 3.05) is 32.5 Å². The zero-order valence-corrected chi connectivity index (χ0v) is 16.8. The number of benzene rings is 2. The van der Waals surface area contributed by atoms with Crippen LogP contribution in [0.25, 0.3) is 21.8 Å². The van der Waals surface area contributed by atoms with E-state index in [1.807, 2.05) is 19.0 Å². The zero-order chi connectivity index (χ0) is 19.6. The third-order valence-corrected chi connectivity index (χ3v) is 4.24. The molecule has 0 radical (unpaired) electrons. The topological polar surface area (TPSA) is 94.3 Å². The molecule has 148 valence electrons. The minimum atomic E-state index is -0.229. The van der Waals surface area contributed by atoms with Crippen LogP contribution in [0.1, 0.15) is 17.3 Å². The fraction of sp³-hybridized carbons (Fsp3) is 0.250. The summed E-state index contributed by atoms with van der Waals surface area (Å²) >= 11 is 0. The predicted octanol–water partition coefficient (Wildman–Crippen LogP) is 2.35. The lowest BCUT2D eigenvalue weighted by Gasteiger charge is -2.12. The zero-order valence-electron chi connectivity index (χ0n) is 16.0. The van der Waals surface area contributed by atoms with Gasteiger partial charge in [0, 0.05) is 42.0 Å². The maximum Gasteiger partial charge on any atom is 0.253 e. The number of aromatic amines is 1. The van der Waals surface area contributed by atoms with Gasteiger partial charge in [0.05, 0.1) is 11.1 Å². The first-order chi connectivity index (χ1) is 12.9. The van der Waals surface area contributed by atoms with E-state index in [1.54, 1.807) is 36.4 Å². The largest absolute Gasteiger partial charge is 0.354 e. The average molecular weight is 403 g/mol. The van der Waals surface area contributed by atoms with Crippen molar-refractivity contribution < 1.29 is 9.59 Å². The minimum absolute atomic E-state index is 0. The van der Waals surface area contributed by atoms with Gasteiger partial charge in [-0.25, -0.2) is 0 Å². The molecule has 8 heteroatoms. The Hall–Kier alpha value is -2.90. The molecule has 1 aromatic heterocycles. The summed E-state index contributed by atoms with van der Waals surface area (Å²) in [6.45, 7) is 2.65. The van der Waals surface area contributed by atoms with Gasteiger partial charge in [0.2, 0.25) is 5.91 Å². The van der Waals surface area contributed by atoms with Crippen LogP contribution in [-0.2, 0) is 4.79 Å². The number of aromatic nitrogens is 1. The van der Waals surface area contributed by atoms with E-state index in [0.717, 1.165) is 6.54 Å². The summed E-state index contributed by atoms with van der Waals surface area (Å²) in [6.07, 6.45) is 0. The molecule has 0 aliphatic heterocycles. The molecule has 0 fully saturated rings. The Morgan fingerprint density at radius 2 is 1.86 bits per heavy atom. The molecule has 3 aromatic rings. The lowest BCUT2D eigenvalue weighted by molar-refractivity contribution is -0.114. The van der Waals surface area contributed by atoms with Gasteiger partial charge in [0.1, 0.15) is 0 Å². The van der Waals surface area contributed by atoms with Crippen LogP contribution in [0.2, 0.25) is 0 Å². The molecule has 0 aliphatic carbocycles. The van der Waals surface area contributed by atoms with Crippen molar-refractivity contribution in [2.24, 2.45) is 0 Å². The molecule has 0 atom stereocenters. The molecule has 0 saturated heterocycles. The van der Waals surface area contributed by atoms with Gasteiger partial charge >= 0.3 is 0 Å². The molecule has 0 spiro atoms. The van der Waals surface area contributed by atoms with Crippen molar-refractivity contribution in [2.45, 2.75) is 6.92 Å². The monoisotopic (exact) mass is 402 g/mol. The van der Waals surface area contributed by atoms with Crippen LogP contribution >= 0.6 is 12.4 Å². The van der Waals surface area contributed by atoms with Crippen molar-refractivity contribution in [1.29, 1.82) is 0 Å². The van der Waals surface area contributed by atoms with E-state index >= 15 is 0 Å². The second-order valence-electron chi connectivity index (χ2n) is 6.68. The Morgan fingerprint density at radius 3 is 2.54 bits per heavy atom. The van der Waals surface area contributed by atoms with Crippen LogP contribution < -0.4 is 16.1 Å². The van der Waals surface area contributed by atoms with Gasteiger partial charge in [-0.2, -0.15) is 0 Å². The van der Waals surface area contributed by atoms with E-state index in [2.05, 4.69) is 15.6 Å². The van der Waals surface area contributed by atoms with Crippen LogP contribution in [0.5, 0.6) is 0 Å². The molecule has 0 bridgehead atoms. The number of hydrogen-bond acceptors (Lipinski definition) is 4. The summed E-state index contributed by atoms with van der Waals surface area (Å²) in [6, 6.07) is 10.2. The fourth-order valence-corrected chi connectivity index (χ4v) is 2.96. The smallest absolute Gasteiger partial charge is 0.253 e. The van der Waals surface area contributed by atoms with E-state index < -0.39 is 0 Å². The number of nitrogens with one attached hydrogen (secondary N) is 3. The summed E-state index contributed by atoms with van der Waals surface area (Å²) in [5.74, 6) is -0.435. The summed E-state index contributed by atoms with van der Waals surface area (Å²) in [7, 11) is 3.87. The molecule has 0 aliphatic rings. The van der Waals surface area contributed by atoms with Gasteiger partial charge < -0.3 is 20.5 Å². The highest BCUT2D eigenvalue weighted by Gasteiger charge is 2.14. The number of pyridine rings is 1. The molecular formula is C20H23ClN4O3. The van der Waals surface area contributed by atoms with Gasteiger partial charge in [-0.05, 0) is 44.4 Å². The number of anilines is 1. The van der Waals surface area contributed by atoms with E-state index in [-0.39, 0.29) is 29.7 Å². The van der Waals surface area contributed by atoms with E-state index in [0.29, 0.717) is 39.6 Å². The SMILES string of the molecule is CC(=O)Nc1ccc2[nH]c3c(C(=O)NCCN(C)C)cccc3c(=O)c2c1.Cl. The highest BCUT2D eigenvalue weighted by atomic mass is 35.5.